The summed E-state index contributed by atoms with van der Waals surface area (Å²) in [5.74, 6) is 0.754. The third-order valence-corrected chi connectivity index (χ3v) is 5.81. The van der Waals surface area contributed by atoms with Crippen LogP contribution in [0.25, 0.3) is 0 Å². The Kier molecular flexibility index (Phi) is 6.78. The Morgan fingerprint density at radius 3 is 2.70 bits per heavy atom. The summed E-state index contributed by atoms with van der Waals surface area (Å²) in [4.78, 5) is 12.1. The van der Waals surface area contributed by atoms with E-state index in [9.17, 15) is 4.79 Å². The molecule has 27 heavy (non-hydrogen) atoms. The highest BCUT2D eigenvalue weighted by Crippen LogP contribution is 2.29. The number of nitrogens with one attached hydrogen (secondary N) is 2. The molecule has 0 saturated carbocycles. The maximum atomic E-state index is 12.1. The van der Waals surface area contributed by atoms with Crippen LogP contribution in [-0.4, -0.2) is 29.0 Å². The van der Waals surface area contributed by atoms with Gasteiger partial charge in [-0.3, -0.25) is 4.79 Å². The highest BCUT2D eigenvalue weighted by atomic mass is 35.5. The Bertz CT molecular complexity index is 935. The molecule has 10 heteroatoms. The topological polar surface area (TPSA) is 76.1 Å². The second-order valence-electron chi connectivity index (χ2n) is 5.19. The molecule has 0 atom stereocenters. The van der Waals surface area contributed by atoms with E-state index in [1.165, 1.54) is 23.1 Å². The lowest BCUT2D eigenvalue weighted by atomic mass is 10.3. The number of aromatic nitrogens is 2. The molecule has 1 amide bonds. The average Bonchev–Trinajstić information content (AvgIpc) is 3.11. The van der Waals surface area contributed by atoms with Gasteiger partial charge < -0.3 is 15.4 Å². The molecule has 140 valence electrons. The first-order valence-electron chi connectivity index (χ1n) is 7.66. The van der Waals surface area contributed by atoms with Gasteiger partial charge >= 0.3 is 0 Å². The maximum Gasteiger partial charge on any atom is 0.234 e. The zero-order valence-corrected chi connectivity index (χ0v) is 17.2. The number of hydrogen-bond acceptors (Lipinski definition) is 7. The van der Waals surface area contributed by atoms with E-state index in [1.54, 1.807) is 25.3 Å². The molecule has 2 N–H and O–H groups in total. The fourth-order valence-electron chi connectivity index (χ4n) is 2.02. The molecule has 2 aromatic carbocycles. The summed E-state index contributed by atoms with van der Waals surface area (Å²) < 4.78 is 5.80. The van der Waals surface area contributed by atoms with Crippen LogP contribution in [-0.2, 0) is 4.79 Å². The number of halogens is 2. The standard InChI is InChI=1S/C17H14Cl2N4O2S2/c1-25-12-5-3-11(4-6-12)20-16-22-23-17(27-16)26-9-15(24)21-14-8-10(18)2-7-13(14)19/h2-8H,9H2,1H3,(H,20,22)(H,21,24). The summed E-state index contributed by atoms with van der Waals surface area (Å²) in [6.45, 7) is 0. The van der Waals surface area contributed by atoms with Crippen LogP contribution < -0.4 is 15.4 Å². The highest BCUT2D eigenvalue weighted by molar-refractivity contribution is 8.01. The molecular formula is C17H14Cl2N4O2S2. The number of nitrogens with zero attached hydrogens (tertiary/aromatic N) is 2. The first-order valence-corrected chi connectivity index (χ1v) is 10.2. The molecule has 0 unspecified atom stereocenters. The maximum absolute atomic E-state index is 12.1. The van der Waals surface area contributed by atoms with Crippen molar-refractivity contribution in [3.63, 3.8) is 0 Å². The number of methoxy groups -OCH3 is 1. The molecule has 3 rings (SSSR count). The Hall–Kier alpha value is -2.00. The van der Waals surface area contributed by atoms with Gasteiger partial charge in [-0.1, -0.05) is 46.3 Å². The van der Waals surface area contributed by atoms with Gasteiger partial charge in [0.1, 0.15) is 5.75 Å². The number of amides is 1. The molecule has 0 aliphatic rings. The number of anilines is 3. The van der Waals surface area contributed by atoms with Crippen LogP contribution in [0.15, 0.2) is 46.8 Å². The number of hydrogen-bond donors (Lipinski definition) is 2. The second kappa shape index (κ2) is 9.27. The zero-order chi connectivity index (χ0) is 19.2. The third kappa shape index (κ3) is 5.74. The average molecular weight is 441 g/mol. The highest BCUT2D eigenvalue weighted by Gasteiger charge is 2.10. The van der Waals surface area contributed by atoms with Gasteiger partial charge in [0.15, 0.2) is 4.34 Å². The first-order chi connectivity index (χ1) is 13.0. The third-order valence-electron chi connectivity index (χ3n) is 3.28. The normalized spacial score (nSPS) is 10.5. The van der Waals surface area contributed by atoms with E-state index in [0.717, 1.165) is 11.4 Å². The summed E-state index contributed by atoms with van der Waals surface area (Å²) >= 11 is 14.6. The van der Waals surface area contributed by atoms with E-state index < -0.39 is 0 Å². The van der Waals surface area contributed by atoms with E-state index in [1.807, 2.05) is 24.3 Å². The molecular weight excluding hydrogens is 427 g/mol. The molecule has 3 aromatic rings. The molecule has 6 nitrogen and oxygen atoms in total. The van der Waals surface area contributed by atoms with Crippen molar-refractivity contribution in [3.8, 4) is 5.75 Å². The summed E-state index contributed by atoms with van der Waals surface area (Å²) in [5.41, 5.74) is 1.35. The fourth-order valence-corrected chi connectivity index (χ4v) is 3.93. The number of rotatable bonds is 7. The van der Waals surface area contributed by atoms with Gasteiger partial charge in [-0.15, -0.1) is 10.2 Å². The van der Waals surface area contributed by atoms with Crippen LogP contribution in [0.2, 0.25) is 10.0 Å². The van der Waals surface area contributed by atoms with Gasteiger partial charge in [-0.25, -0.2) is 0 Å². The smallest absolute Gasteiger partial charge is 0.234 e. The predicted molar refractivity (Wildman–Crippen MR) is 112 cm³/mol. The fraction of sp³-hybridized carbons (Fsp3) is 0.118. The molecule has 1 heterocycles. The quantitative estimate of drug-likeness (QED) is 0.483. The van der Waals surface area contributed by atoms with Crippen LogP contribution >= 0.6 is 46.3 Å². The van der Waals surface area contributed by atoms with Gasteiger partial charge in [0, 0.05) is 10.7 Å². The zero-order valence-electron chi connectivity index (χ0n) is 14.0. The molecule has 1 aromatic heterocycles. The van der Waals surface area contributed by atoms with Crippen molar-refractivity contribution in [1.82, 2.24) is 10.2 Å². The lowest BCUT2D eigenvalue weighted by molar-refractivity contribution is -0.113. The van der Waals surface area contributed by atoms with Crippen molar-refractivity contribution in [2.45, 2.75) is 4.34 Å². The Balaban J connectivity index is 1.52. The molecule has 0 aliphatic heterocycles. The van der Waals surface area contributed by atoms with Gasteiger partial charge in [-0.05, 0) is 42.5 Å². The van der Waals surface area contributed by atoms with E-state index in [0.29, 0.717) is 25.2 Å². The van der Waals surface area contributed by atoms with Gasteiger partial charge in [-0.2, -0.15) is 0 Å². The SMILES string of the molecule is COc1ccc(Nc2nnc(SCC(=O)Nc3cc(Cl)ccc3Cl)s2)cc1. The van der Waals surface area contributed by atoms with Crippen molar-refractivity contribution in [3.05, 3.63) is 52.5 Å². The van der Waals surface area contributed by atoms with Gasteiger partial charge in [0.05, 0.1) is 23.6 Å². The Morgan fingerprint density at radius 1 is 1.19 bits per heavy atom. The number of carbonyl (C=O) groups excluding carboxylic acids is 1. The number of carbonyl (C=O) groups is 1. The molecule has 0 bridgehead atoms. The van der Waals surface area contributed by atoms with E-state index in [4.69, 9.17) is 27.9 Å². The Labute approximate surface area is 174 Å². The minimum absolute atomic E-state index is 0.181. The number of benzene rings is 2. The van der Waals surface area contributed by atoms with Crippen LogP contribution in [0.4, 0.5) is 16.5 Å². The Morgan fingerprint density at radius 2 is 1.96 bits per heavy atom. The summed E-state index contributed by atoms with van der Waals surface area (Å²) in [5, 5.41) is 15.6. The lowest BCUT2D eigenvalue weighted by Gasteiger charge is -2.06. The van der Waals surface area contributed by atoms with Crippen LogP contribution in [0.3, 0.4) is 0 Å². The minimum atomic E-state index is -0.205. The largest absolute Gasteiger partial charge is 0.497 e. The van der Waals surface area contributed by atoms with Gasteiger partial charge in [0.25, 0.3) is 0 Å². The first kappa shape index (κ1) is 19.8. The molecule has 0 aliphatic carbocycles. The van der Waals surface area contributed by atoms with E-state index >= 15 is 0 Å². The molecule has 0 radical (unpaired) electrons. The monoisotopic (exact) mass is 440 g/mol. The van der Waals surface area contributed by atoms with Crippen molar-refractivity contribution < 1.29 is 9.53 Å². The van der Waals surface area contributed by atoms with Crippen LogP contribution in [0.5, 0.6) is 5.75 Å². The van der Waals surface area contributed by atoms with Crippen molar-refractivity contribution in [2.24, 2.45) is 0 Å². The molecule has 0 spiro atoms. The van der Waals surface area contributed by atoms with Crippen LogP contribution in [0.1, 0.15) is 0 Å². The summed E-state index contributed by atoms with van der Waals surface area (Å²) in [6, 6.07) is 12.4. The van der Waals surface area contributed by atoms with Crippen LogP contribution in [0, 0.1) is 0 Å². The second-order valence-corrected chi connectivity index (χ2v) is 8.23. The summed E-state index contributed by atoms with van der Waals surface area (Å²) in [6.07, 6.45) is 0. The summed E-state index contributed by atoms with van der Waals surface area (Å²) in [7, 11) is 1.62. The van der Waals surface area contributed by atoms with E-state index in [2.05, 4.69) is 20.8 Å². The molecule has 0 fully saturated rings. The van der Waals surface area contributed by atoms with Crippen molar-refractivity contribution >= 4 is 68.7 Å². The van der Waals surface area contributed by atoms with Crippen molar-refractivity contribution in [1.29, 1.82) is 0 Å². The molecule has 0 saturated heterocycles. The lowest BCUT2D eigenvalue weighted by Crippen LogP contribution is -2.14. The van der Waals surface area contributed by atoms with E-state index in [-0.39, 0.29) is 11.7 Å². The number of thioether (sulfide) groups is 1. The minimum Gasteiger partial charge on any atom is -0.497 e. The van der Waals surface area contributed by atoms with Gasteiger partial charge in [0.2, 0.25) is 11.0 Å². The number of ether oxygens (including phenoxy) is 1. The van der Waals surface area contributed by atoms with Crippen molar-refractivity contribution in [2.75, 3.05) is 23.5 Å². The predicted octanol–water partition coefficient (Wildman–Crippen LogP) is 5.33.